The van der Waals surface area contributed by atoms with Crippen LogP contribution in [-0.4, -0.2) is 14.2 Å². The lowest BCUT2D eigenvalue weighted by molar-refractivity contribution is 0.399. The molecule has 0 saturated heterocycles. The van der Waals surface area contributed by atoms with Gasteiger partial charge in [-0.15, -0.1) is 0 Å². The fourth-order valence-electron chi connectivity index (χ4n) is 3.06. The highest BCUT2D eigenvalue weighted by Gasteiger charge is 2.21. The highest BCUT2D eigenvalue weighted by molar-refractivity contribution is 7.08. The van der Waals surface area contributed by atoms with Gasteiger partial charge < -0.3 is 13.9 Å². The molecule has 0 fully saturated rings. The summed E-state index contributed by atoms with van der Waals surface area (Å²) in [7, 11) is 3.14. The van der Waals surface area contributed by atoms with Gasteiger partial charge in [-0.25, -0.2) is 0 Å². The topological polar surface area (TPSA) is 48.7 Å². The zero-order valence-electron chi connectivity index (χ0n) is 14.3. The maximum atomic E-state index is 12.9. The first kappa shape index (κ1) is 16.4. The summed E-state index contributed by atoms with van der Waals surface area (Å²) in [6, 6.07) is 14.7. The molecule has 0 aliphatic heterocycles. The van der Waals surface area contributed by atoms with E-state index in [-0.39, 0.29) is 5.43 Å². The molecule has 2 aromatic carbocycles. The maximum Gasteiger partial charge on any atom is 0.197 e. The summed E-state index contributed by atoms with van der Waals surface area (Å²) in [6.07, 6.45) is 0. The largest absolute Gasteiger partial charge is 0.496 e. The van der Waals surface area contributed by atoms with Gasteiger partial charge in [-0.05, 0) is 22.4 Å². The lowest BCUT2D eigenvalue weighted by Gasteiger charge is -2.15. The number of rotatable bonds is 4. The second-order valence-electron chi connectivity index (χ2n) is 5.71. The van der Waals surface area contributed by atoms with E-state index in [1.807, 2.05) is 47.2 Å². The van der Waals surface area contributed by atoms with Crippen molar-refractivity contribution in [2.75, 3.05) is 14.2 Å². The Labute approximate surface area is 154 Å². The fraction of sp³-hybridized carbons (Fsp3) is 0.0952. The molecule has 2 heterocycles. The molecule has 0 radical (unpaired) electrons. The predicted octanol–water partition coefficient (Wildman–Crippen LogP) is 5.21. The van der Waals surface area contributed by atoms with E-state index in [9.17, 15) is 4.79 Å². The van der Waals surface area contributed by atoms with E-state index in [0.717, 1.165) is 16.7 Å². The SMILES string of the molecule is COc1cc2oc(-c3ccccc3)cc(=O)c2c(OC)c1-c1ccsc1. The Morgan fingerprint density at radius 3 is 2.42 bits per heavy atom. The normalized spacial score (nSPS) is 10.8. The highest BCUT2D eigenvalue weighted by Crippen LogP contribution is 2.44. The van der Waals surface area contributed by atoms with Gasteiger partial charge in [0.05, 0.1) is 19.8 Å². The summed E-state index contributed by atoms with van der Waals surface area (Å²) in [5.74, 6) is 1.57. The number of hydrogen-bond acceptors (Lipinski definition) is 5. The zero-order valence-corrected chi connectivity index (χ0v) is 15.1. The number of methoxy groups -OCH3 is 2. The molecule has 2 aromatic heterocycles. The highest BCUT2D eigenvalue weighted by atomic mass is 32.1. The van der Waals surface area contributed by atoms with Crippen LogP contribution in [0.2, 0.25) is 0 Å². The van der Waals surface area contributed by atoms with E-state index in [1.165, 1.54) is 6.07 Å². The first-order valence-corrected chi connectivity index (χ1v) is 8.98. The molecule has 0 bridgehead atoms. The molecule has 0 saturated carbocycles. The third-order valence-corrected chi connectivity index (χ3v) is 4.91. The number of thiophene rings is 1. The molecule has 130 valence electrons. The minimum Gasteiger partial charge on any atom is -0.496 e. The molecule has 0 aliphatic carbocycles. The Kier molecular flexibility index (Phi) is 4.22. The van der Waals surface area contributed by atoms with Crippen LogP contribution in [0.5, 0.6) is 11.5 Å². The van der Waals surface area contributed by atoms with E-state index in [4.69, 9.17) is 13.9 Å². The van der Waals surface area contributed by atoms with Crippen molar-refractivity contribution in [2.45, 2.75) is 0 Å². The first-order valence-electron chi connectivity index (χ1n) is 8.03. The van der Waals surface area contributed by atoms with E-state index in [0.29, 0.717) is 28.2 Å². The standard InChI is InChI=1S/C21H16O4S/c1-23-17-11-18-20(21(24-2)19(17)14-8-9-26-12-14)15(22)10-16(25-18)13-6-4-3-5-7-13/h3-12H,1-2H3. The smallest absolute Gasteiger partial charge is 0.197 e. The summed E-state index contributed by atoms with van der Waals surface area (Å²) in [5.41, 5.74) is 2.82. The van der Waals surface area contributed by atoms with E-state index >= 15 is 0 Å². The van der Waals surface area contributed by atoms with E-state index in [2.05, 4.69) is 0 Å². The molecule has 26 heavy (non-hydrogen) atoms. The molecule has 0 spiro atoms. The molecule has 0 N–H and O–H groups in total. The van der Waals surface area contributed by atoms with Crippen molar-refractivity contribution in [3.63, 3.8) is 0 Å². The Morgan fingerprint density at radius 2 is 1.77 bits per heavy atom. The van der Waals surface area contributed by atoms with Crippen LogP contribution in [0.25, 0.3) is 33.4 Å². The second-order valence-corrected chi connectivity index (χ2v) is 6.49. The second kappa shape index (κ2) is 6.69. The molecule has 0 atom stereocenters. The van der Waals surface area contributed by atoms with Crippen molar-refractivity contribution < 1.29 is 13.9 Å². The van der Waals surface area contributed by atoms with Crippen LogP contribution in [0.1, 0.15) is 0 Å². The van der Waals surface area contributed by atoms with Crippen LogP contribution in [-0.2, 0) is 0 Å². The first-order chi connectivity index (χ1) is 12.7. The van der Waals surface area contributed by atoms with Crippen LogP contribution >= 0.6 is 11.3 Å². The van der Waals surface area contributed by atoms with E-state index < -0.39 is 0 Å². The van der Waals surface area contributed by atoms with Gasteiger partial charge in [0.15, 0.2) is 5.43 Å². The van der Waals surface area contributed by atoms with Crippen LogP contribution in [0.3, 0.4) is 0 Å². The van der Waals surface area contributed by atoms with Crippen LogP contribution < -0.4 is 14.9 Å². The van der Waals surface area contributed by atoms with Gasteiger partial charge in [-0.1, -0.05) is 30.3 Å². The van der Waals surface area contributed by atoms with Gasteiger partial charge in [-0.3, -0.25) is 4.79 Å². The number of hydrogen-bond donors (Lipinski definition) is 0. The minimum absolute atomic E-state index is 0.152. The van der Waals surface area contributed by atoms with Crippen molar-refractivity contribution in [3.8, 4) is 33.9 Å². The van der Waals surface area contributed by atoms with Gasteiger partial charge in [0, 0.05) is 17.7 Å². The molecule has 4 nitrogen and oxygen atoms in total. The van der Waals surface area contributed by atoms with Crippen molar-refractivity contribution in [1.82, 2.24) is 0 Å². The van der Waals surface area contributed by atoms with E-state index in [1.54, 1.807) is 31.6 Å². The van der Waals surface area contributed by atoms with Crippen molar-refractivity contribution in [2.24, 2.45) is 0 Å². The van der Waals surface area contributed by atoms with Crippen LogP contribution in [0.4, 0.5) is 0 Å². The third-order valence-electron chi connectivity index (χ3n) is 4.23. The van der Waals surface area contributed by atoms with Gasteiger partial charge in [0.25, 0.3) is 0 Å². The molecule has 5 heteroatoms. The van der Waals surface area contributed by atoms with Gasteiger partial charge in [0.2, 0.25) is 0 Å². The molecule has 0 amide bonds. The van der Waals surface area contributed by atoms with Crippen molar-refractivity contribution in [1.29, 1.82) is 0 Å². The number of fused-ring (bicyclic) bond motifs is 1. The average Bonchev–Trinajstić information content (AvgIpc) is 3.21. The Hall–Kier alpha value is -3.05. The predicted molar refractivity (Wildman–Crippen MR) is 104 cm³/mol. The molecule has 4 aromatic rings. The van der Waals surface area contributed by atoms with Crippen LogP contribution in [0.15, 0.2) is 68.5 Å². The molecule has 4 rings (SSSR count). The van der Waals surface area contributed by atoms with Gasteiger partial charge in [-0.2, -0.15) is 11.3 Å². The maximum absolute atomic E-state index is 12.9. The molecular formula is C21H16O4S. The van der Waals surface area contributed by atoms with Crippen molar-refractivity contribution in [3.05, 3.63) is 69.5 Å². The molecular weight excluding hydrogens is 348 g/mol. The van der Waals surface area contributed by atoms with Gasteiger partial charge in [0.1, 0.15) is 28.2 Å². The van der Waals surface area contributed by atoms with Crippen LogP contribution in [0, 0.1) is 0 Å². The minimum atomic E-state index is -0.152. The Bertz CT molecular complexity index is 1110. The summed E-state index contributed by atoms with van der Waals surface area (Å²) >= 11 is 1.57. The quantitative estimate of drug-likeness (QED) is 0.499. The lowest BCUT2D eigenvalue weighted by atomic mass is 10.0. The zero-order chi connectivity index (χ0) is 18.1. The summed E-state index contributed by atoms with van der Waals surface area (Å²) in [4.78, 5) is 12.9. The molecule has 0 aliphatic rings. The fourth-order valence-corrected chi connectivity index (χ4v) is 3.70. The average molecular weight is 364 g/mol. The number of benzene rings is 2. The Morgan fingerprint density at radius 1 is 0.962 bits per heavy atom. The third kappa shape index (κ3) is 2.66. The molecule has 0 unspecified atom stereocenters. The summed E-state index contributed by atoms with van der Waals surface area (Å²) < 4.78 is 17.2. The monoisotopic (exact) mass is 364 g/mol. The summed E-state index contributed by atoms with van der Waals surface area (Å²) in [6.45, 7) is 0. The number of ether oxygens (including phenoxy) is 2. The van der Waals surface area contributed by atoms with Gasteiger partial charge >= 0.3 is 0 Å². The lowest BCUT2D eigenvalue weighted by Crippen LogP contribution is -2.05. The summed E-state index contributed by atoms with van der Waals surface area (Å²) in [5, 5.41) is 4.38. The Balaban J connectivity index is 2.06. The van der Waals surface area contributed by atoms with Crippen molar-refractivity contribution >= 4 is 22.3 Å².